The van der Waals surface area contributed by atoms with Crippen molar-refractivity contribution in [3.63, 3.8) is 0 Å². The predicted molar refractivity (Wildman–Crippen MR) is 81.3 cm³/mol. The second-order valence-electron chi connectivity index (χ2n) is 6.03. The molecule has 0 spiro atoms. The third-order valence-electron chi connectivity index (χ3n) is 4.84. The van der Waals surface area contributed by atoms with Crippen LogP contribution in [0.4, 0.5) is 0 Å². The van der Waals surface area contributed by atoms with Crippen molar-refractivity contribution in [3.05, 3.63) is 28.2 Å². The van der Waals surface area contributed by atoms with Gasteiger partial charge in [-0.1, -0.05) is 12.5 Å². The molecule has 3 atom stereocenters. The van der Waals surface area contributed by atoms with Gasteiger partial charge >= 0.3 is 0 Å². The molecule has 2 fully saturated rings. The summed E-state index contributed by atoms with van der Waals surface area (Å²) in [6, 6.07) is 6.31. The molecule has 19 heavy (non-hydrogen) atoms. The first-order valence-electron chi connectivity index (χ1n) is 7.29. The summed E-state index contributed by atoms with van der Waals surface area (Å²) in [7, 11) is 1.70. The summed E-state index contributed by atoms with van der Waals surface area (Å²) >= 11 is 3.54. The Morgan fingerprint density at radius 3 is 2.84 bits per heavy atom. The number of hydrogen-bond donors (Lipinski definition) is 1. The Hall–Kier alpha value is -0.540. The van der Waals surface area contributed by atoms with Crippen LogP contribution in [0.5, 0.6) is 5.75 Å². The fraction of sp³-hybridized carbons (Fsp3) is 0.625. The van der Waals surface area contributed by atoms with Gasteiger partial charge in [-0.15, -0.1) is 0 Å². The van der Waals surface area contributed by atoms with E-state index in [-0.39, 0.29) is 0 Å². The Morgan fingerprint density at radius 1 is 1.32 bits per heavy atom. The van der Waals surface area contributed by atoms with Crippen molar-refractivity contribution in [1.29, 1.82) is 0 Å². The second kappa shape index (κ2) is 5.84. The molecule has 0 heterocycles. The standard InChI is InChI=1S/C16H22BrNO/c1-19-16-5-3-12(8-15(16)17)9-18-10-14-7-11-2-4-13(14)6-11/h3,5,8,11,13-14,18H,2,4,6-7,9-10H2,1H3. The molecule has 0 saturated heterocycles. The zero-order valence-electron chi connectivity index (χ0n) is 11.5. The summed E-state index contributed by atoms with van der Waals surface area (Å²) in [6.45, 7) is 2.14. The van der Waals surface area contributed by atoms with Crippen molar-refractivity contribution in [1.82, 2.24) is 5.32 Å². The topological polar surface area (TPSA) is 21.3 Å². The van der Waals surface area contributed by atoms with Gasteiger partial charge < -0.3 is 10.1 Å². The molecule has 1 aromatic carbocycles. The van der Waals surface area contributed by atoms with Crippen molar-refractivity contribution >= 4 is 15.9 Å². The van der Waals surface area contributed by atoms with Crippen LogP contribution in [0.2, 0.25) is 0 Å². The third-order valence-corrected chi connectivity index (χ3v) is 5.46. The smallest absolute Gasteiger partial charge is 0.133 e. The number of rotatable bonds is 5. The fourth-order valence-electron chi connectivity index (χ4n) is 3.85. The normalized spacial score (nSPS) is 28.8. The van der Waals surface area contributed by atoms with E-state index in [2.05, 4.69) is 33.4 Å². The number of methoxy groups -OCH3 is 1. The zero-order chi connectivity index (χ0) is 13.2. The van der Waals surface area contributed by atoms with Gasteiger partial charge in [0.15, 0.2) is 0 Å². The summed E-state index contributed by atoms with van der Waals surface area (Å²) in [6.07, 6.45) is 5.93. The van der Waals surface area contributed by atoms with Gasteiger partial charge in [0.2, 0.25) is 0 Å². The van der Waals surface area contributed by atoms with E-state index in [4.69, 9.17) is 4.74 Å². The maximum Gasteiger partial charge on any atom is 0.133 e. The van der Waals surface area contributed by atoms with Crippen molar-refractivity contribution in [3.8, 4) is 5.75 Å². The summed E-state index contributed by atoms with van der Waals surface area (Å²) in [5.41, 5.74) is 1.32. The van der Waals surface area contributed by atoms with E-state index < -0.39 is 0 Å². The molecule has 1 aromatic rings. The predicted octanol–water partition coefficient (Wildman–Crippen LogP) is 3.98. The van der Waals surface area contributed by atoms with Crippen LogP contribution < -0.4 is 10.1 Å². The van der Waals surface area contributed by atoms with Crippen molar-refractivity contribution in [2.75, 3.05) is 13.7 Å². The second-order valence-corrected chi connectivity index (χ2v) is 6.89. The summed E-state index contributed by atoms with van der Waals surface area (Å²) < 4.78 is 6.29. The van der Waals surface area contributed by atoms with Crippen LogP contribution in [0, 0.1) is 17.8 Å². The molecule has 3 heteroatoms. The van der Waals surface area contributed by atoms with E-state index in [9.17, 15) is 0 Å². The van der Waals surface area contributed by atoms with Gasteiger partial charge in [-0.3, -0.25) is 0 Å². The first kappa shape index (κ1) is 13.4. The first-order valence-corrected chi connectivity index (χ1v) is 8.08. The monoisotopic (exact) mass is 323 g/mol. The van der Waals surface area contributed by atoms with E-state index in [1.54, 1.807) is 7.11 Å². The van der Waals surface area contributed by atoms with E-state index >= 15 is 0 Å². The molecule has 3 unspecified atom stereocenters. The van der Waals surface area contributed by atoms with Crippen LogP contribution in [0.15, 0.2) is 22.7 Å². The van der Waals surface area contributed by atoms with Gasteiger partial charge in [0.1, 0.15) is 5.75 Å². The Kier molecular flexibility index (Phi) is 4.13. The minimum atomic E-state index is 0.900. The Balaban J connectivity index is 1.48. The highest BCUT2D eigenvalue weighted by atomic mass is 79.9. The molecule has 0 aromatic heterocycles. The number of nitrogens with one attached hydrogen (secondary N) is 1. The fourth-order valence-corrected chi connectivity index (χ4v) is 4.44. The van der Waals surface area contributed by atoms with Crippen molar-refractivity contribution in [2.24, 2.45) is 17.8 Å². The lowest BCUT2D eigenvalue weighted by molar-refractivity contribution is 0.318. The molecular weight excluding hydrogens is 302 g/mol. The minimum absolute atomic E-state index is 0.900. The van der Waals surface area contributed by atoms with Gasteiger partial charge in [0, 0.05) is 6.54 Å². The van der Waals surface area contributed by atoms with Crippen LogP contribution in [0.1, 0.15) is 31.2 Å². The van der Waals surface area contributed by atoms with E-state index in [0.717, 1.165) is 34.5 Å². The molecule has 2 nitrogen and oxygen atoms in total. The number of hydrogen-bond acceptors (Lipinski definition) is 2. The molecule has 1 N–H and O–H groups in total. The van der Waals surface area contributed by atoms with Gasteiger partial charge in [0.05, 0.1) is 11.6 Å². The summed E-state index contributed by atoms with van der Waals surface area (Å²) in [5, 5.41) is 3.63. The highest BCUT2D eigenvalue weighted by Gasteiger charge is 2.38. The van der Waals surface area contributed by atoms with E-state index in [1.807, 2.05) is 6.07 Å². The SMILES string of the molecule is COc1ccc(CNCC2CC3CCC2C3)cc1Br. The minimum Gasteiger partial charge on any atom is -0.496 e. The van der Waals surface area contributed by atoms with Crippen molar-refractivity contribution < 1.29 is 4.74 Å². The molecule has 2 aliphatic rings. The van der Waals surface area contributed by atoms with Gasteiger partial charge in [-0.2, -0.15) is 0 Å². The molecular formula is C16H22BrNO. The molecule has 0 aliphatic heterocycles. The van der Waals surface area contributed by atoms with E-state index in [1.165, 1.54) is 37.8 Å². The quantitative estimate of drug-likeness (QED) is 0.884. The number of fused-ring (bicyclic) bond motifs is 2. The lowest BCUT2D eigenvalue weighted by Gasteiger charge is -2.22. The zero-order valence-corrected chi connectivity index (χ0v) is 13.1. The molecule has 2 aliphatic carbocycles. The average molecular weight is 324 g/mol. The maximum atomic E-state index is 5.25. The largest absolute Gasteiger partial charge is 0.496 e. The number of ether oxygens (including phenoxy) is 1. The van der Waals surface area contributed by atoms with Crippen LogP contribution in [0.25, 0.3) is 0 Å². The number of benzene rings is 1. The van der Waals surface area contributed by atoms with Crippen LogP contribution in [-0.2, 0) is 6.54 Å². The first-order chi connectivity index (χ1) is 9.26. The summed E-state index contributed by atoms with van der Waals surface area (Å²) in [4.78, 5) is 0. The molecule has 3 rings (SSSR count). The van der Waals surface area contributed by atoms with Crippen LogP contribution in [0.3, 0.4) is 0 Å². The maximum absolute atomic E-state index is 5.25. The Bertz CT molecular complexity index is 448. The average Bonchev–Trinajstić information content (AvgIpc) is 3.01. The van der Waals surface area contributed by atoms with Gasteiger partial charge in [-0.25, -0.2) is 0 Å². The van der Waals surface area contributed by atoms with Crippen LogP contribution in [-0.4, -0.2) is 13.7 Å². The van der Waals surface area contributed by atoms with Gasteiger partial charge in [0.25, 0.3) is 0 Å². The molecule has 0 radical (unpaired) electrons. The highest BCUT2D eigenvalue weighted by molar-refractivity contribution is 9.10. The number of halogens is 1. The van der Waals surface area contributed by atoms with Crippen LogP contribution >= 0.6 is 15.9 Å². The van der Waals surface area contributed by atoms with Gasteiger partial charge in [-0.05, 0) is 77.2 Å². The summed E-state index contributed by atoms with van der Waals surface area (Å²) in [5.74, 6) is 3.89. The molecule has 0 amide bonds. The van der Waals surface area contributed by atoms with E-state index in [0.29, 0.717) is 0 Å². The lowest BCUT2D eigenvalue weighted by atomic mass is 9.89. The molecule has 104 valence electrons. The molecule has 2 saturated carbocycles. The molecule has 2 bridgehead atoms. The lowest BCUT2D eigenvalue weighted by Crippen LogP contribution is -2.26. The Morgan fingerprint density at radius 2 is 2.21 bits per heavy atom. The third kappa shape index (κ3) is 2.97. The highest BCUT2D eigenvalue weighted by Crippen LogP contribution is 2.47. The van der Waals surface area contributed by atoms with Crippen molar-refractivity contribution in [2.45, 2.75) is 32.2 Å². The Labute approximate surface area is 124 Å².